The maximum atomic E-state index is 12.7. The fourth-order valence-corrected chi connectivity index (χ4v) is 4.22. The van der Waals surface area contributed by atoms with Gasteiger partial charge in [-0.15, -0.1) is 11.3 Å². The van der Waals surface area contributed by atoms with Gasteiger partial charge in [0.25, 0.3) is 5.91 Å². The summed E-state index contributed by atoms with van der Waals surface area (Å²) >= 11 is 6.29. The minimum absolute atomic E-state index is 0.00349. The molecule has 3 rings (SSSR count). The SMILES string of the molecule is CCOC(=O)c1sc(NC(=S)NC(=O)c2cccc(OCc3ccccc3)c2)c(C#N)c1C. The number of hydrogen-bond donors (Lipinski definition) is 2. The van der Waals surface area contributed by atoms with Crippen LogP contribution in [-0.4, -0.2) is 23.6 Å². The molecule has 1 heterocycles. The third-order valence-electron chi connectivity index (χ3n) is 4.52. The van der Waals surface area contributed by atoms with Crippen molar-refractivity contribution in [2.24, 2.45) is 0 Å². The van der Waals surface area contributed by atoms with Crippen LogP contribution in [-0.2, 0) is 11.3 Å². The number of carbonyl (C=O) groups is 2. The molecule has 7 nitrogen and oxygen atoms in total. The maximum absolute atomic E-state index is 12.7. The van der Waals surface area contributed by atoms with Crippen LogP contribution in [0.2, 0.25) is 0 Å². The first-order chi connectivity index (χ1) is 15.9. The highest BCUT2D eigenvalue weighted by atomic mass is 32.1. The molecular weight excluding hydrogens is 458 g/mol. The van der Waals surface area contributed by atoms with Crippen LogP contribution in [0.15, 0.2) is 54.6 Å². The normalized spacial score (nSPS) is 10.1. The van der Waals surface area contributed by atoms with Crippen LogP contribution < -0.4 is 15.4 Å². The molecule has 0 unspecified atom stereocenters. The number of nitrogens with one attached hydrogen (secondary N) is 2. The summed E-state index contributed by atoms with van der Waals surface area (Å²) in [6.07, 6.45) is 0. The van der Waals surface area contributed by atoms with Crippen LogP contribution in [0.4, 0.5) is 5.00 Å². The molecule has 0 aliphatic rings. The van der Waals surface area contributed by atoms with Gasteiger partial charge in [-0.1, -0.05) is 36.4 Å². The Bertz CT molecular complexity index is 1220. The molecule has 2 aromatic carbocycles. The summed E-state index contributed by atoms with van der Waals surface area (Å²) < 4.78 is 10.8. The van der Waals surface area contributed by atoms with E-state index in [2.05, 4.69) is 16.7 Å². The summed E-state index contributed by atoms with van der Waals surface area (Å²) in [5.41, 5.74) is 2.15. The van der Waals surface area contributed by atoms with Gasteiger partial charge in [0.05, 0.1) is 12.2 Å². The second-order valence-electron chi connectivity index (χ2n) is 6.80. The third kappa shape index (κ3) is 6.16. The second-order valence-corrected chi connectivity index (χ2v) is 8.23. The van der Waals surface area contributed by atoms with E-state index < -0.39 is 11.9 Å². The van der Waals surface area contributed by atoms with Gasteiger partial charge in [-0.3, -0.25) is 10.1 Å². The highest BCUT2D eigenvalue weighted by Gasteiger charge is 2.22. The molecule has 1 aromatic heterocycles. The lowest BCUT2D eigenvalue weighted by atomic mass is 10.2. The summed E-state index contributed by atoms with van der Waals surface area (Å²) in [5, 5.41) is 15.3. The van der Waals surface area contributed by atoms with Crippen molar-refractivity contribution in [3.63, 3.8) is 0 Å². The van der Waals surface area contributed by atoms with Crippen LogP contribution in [0, 0.1) is 18.3 Å². The van der Waals surface area contributed by atoms with E-state index in [9.17, 15) is 14.9 Å². The fraction of sp³-hybridized carbons (Fsp3) is 0.167. The highest BCUT2D eigenvalue weighted by Crippen LogP contribution is 2.33. The first kappa shape index (κ1) is 23.9. The van der Waals surface area contributed by atoms with Crippen LogP contribution in [0.5, 0.6) is 5.75 Å². The monoisotopic (exact) mass is 479 g/mol. The van der Waals surface area contributed by atoms with E-state index >= 15 is 0 Å². The number of rotatable bonds is 7. The average Bonchev–Trinajstić information content (AvgIpc) is 3.13. The molecule has 2 N–H and O–H groups in total. The second kappa shape index (κ2) is 11.2. The van der Waals surface area contributed by atoms with Crippen LogP contribution in [0.25, 0.3) is 0 Å². The maximum Gasteiger partial charge on any atom is 0.348 e. The summed E-state index contributed by atoms with van der Waals surface area (Å²) in [6.45, 7) is 3.97. The van der Waals surface area contributed by atoms with E-state index in [1.807, 2.05) is 30.3 Å². The fourth-order valence-electron chi connectivity index (χ4n) is 2.91. The zero-order valence-electron chi connectivity index (χ0n) is 18.0. The Morgan fingerprint density at radius 3 is 2.61 bits per heavy atom. The first-order valence-corrected chi connectivity index (χ1v) is 11.2. The largest absolute Gasteiger partial charge is 0.489 e. The lowest BCUT2D eigenvalue weighted by molar-refractivity contribution is 0.0531. The molecular formula is C24H21N3O4S2. The van der Waals surface area contributed by atoms with Crippen molar-refractivity contribution in [2.75, 3.05) is 11.9 Å². The van der Waals surface area contributed by atoms with E-state index in [-0.39, 0.29) is 17.3 Å². The van der Waals surface area contributed by atoms with Crippen LogP contribution in [0.3, 0.4) is 0 Å². The Balaban J connectivity index is 1.65. The zero-order chi connectivity index (χ0) is 23.8. The molecule has 0 aliphatic heterocycles. The van der Waals surface area contributed by atoms with Crippen molar-refractivity contribution in [2.45, 2.75) is 20.5 Å². The number of hydrogen-bond acceptors (Lipinski definition) is 7. The van der Waals surface area contributed by atoms with Gasteiger partial charge < -0.3 is 14.8 Å². The molecule has 0 atom stereocenters. The van der Waals surface area contributed by atoms with Crippen molar-refractivity contribution in [3.8, 4) is 11.8 Å². The number of carbonyl (C=O) groups excluding carboxylic acids is 2. The molecule has 3 aromatic rings. The summed E-state index contributed by atoms with van der Waals surface area (Å²) in [5.74, 6) is -0.396. The van der Waals surface area contributed by atoms with Gasteiger partial charge in [0, 0.05) is 5.56 Å². The number of thiophene rings is 1. The quantitative estimate of drug-likeness (QED) is 0.370. The molecule has 1 amide bonds. The minimum Gasteiger partial charge on any atom is -0.489 e. The molecule has 0 radical (unpaired) electrons. The number of amides is 1. The average molecular weight is 480 g/mol. The van der Waals surface area contributed by atoms with Gasteiger partial charge in [0.2, 0.25) is 0 Å². The Morgan fingerprint density at radius 1 is 1.15 bits per heavy atom. The zero-order valence-corrected chi connectivity index (χ0v) is 19.6. The van der Waals surface area contributed by atoms with E-state index in [0.29, 0.717) is 33.4 Å². The minimum atomic E-state index is -0.508. The number of nitrogens with zero attached hydrogens (tertiary/aromatic N) is 1. The molecule has 9 heteroatoms. The molecule has 0 saturated heterocycles. The van der Waals surface area contributed by atoms with E-state index in [1.165, 1.54) is 0 Å². The first-order valence-electron chi connectivity index (χ1n) is 10.0. The molecule has 0 aliphatic carbocycles. The molecule has 33 heavy (non-hydrogen) atoms. The predicted octanol–water partition coefficient (Wildman–Crippen LogP) is 4.81. The van der Waals surface area contributed by atoms with Gasteiger partial charge >= 0.3 is 5.97 Å². The van der Waals surface area contributed by atoms with Crippen LogP contribution in [0.1, 0.15) is 43.6 Å². The lowest BCUT2D eigenvalue weighted by Crippen LogP contribution is -2.34. The number of anilines is 1. The topological polar surface area (TPSA) is 100 Å². The van der Waals surface area contributed by atoms with Gasteiger partial charge in [-0.05, 0) is 55.4 Å². The smallest absolute Gasteiger partial charge is 0.348 e. The molecule has 0 saturated carbocycles. The van der Waals surface area contributed by atoms with Crippen molar-refractivity contribution in [1.29, 1.82) is 5.26 Å². The Kier molecular flexibility index (Phi) is 8.13. The Hall–Kier alpha value is -3.74. The lowest BCUT2D eigenvalue weighted by Gasteiger charge is -2.10. The summed E-state index contributed by atoms with van der Waals surface area (Å²) in [6, 6.07) is 18.5. The number of thiocarbonyl (C=S) groups is 1. The molecule has 0 fully saturated rings. The summed E-state index contributed by atoms with van der Waals surface area (Å²) in [4.78, 5) is 25.1. The van der Waals surface area contributed by atoms with Crippen molar-refractivity contribution in [3.05, 3.63) is 81.7 Å². The Morgan fingerprint density at radius 2 is 1.91 bits per heavy atom. The van der Waals surface area contributed by atoms with Crippen LogP contribution >= 0.6 is 23.6 Å². The van der Waals surface area contributed by atoms with Crippen molar-refractivity contribution in [1.82, 2.24) is 5.32 Å². The van der Waals surface area contributed by atoms with Crippen molar-refractivity contribution >= 4 is 45.5 Å². The summed E-state index contributed by atoms with van der Waals surface area (Å²) in [7, 11) is 0. The third-order valence-corrected chi connectivity index (χ3v) is 5.91. The number of benzene rings is 2. The Labute approximate surface area is 201 Å². The van der Waals surface area contributed by atoms with Crippen molar-refractivity contribution < 1.29 is 19.1 Å². The highest BCUT2D eigenvalue weighted by molar-refractivity contribution is 7.80. The number of nitriles is 1. The standard InChI is InChI=1S/C24H21N3O4S2/c1-3-30-23(29)20-15(2)19(13-25)22(33-20)27-24(32)26-21(28)17-10-7-11-18(12-17)31-14-16-8-5-4-6-9-16/h4-12H,3,14H2,1-2H3,(H2,26,27,28,32). The van der Waals surface area contributed by atoms with E-state index in [1.54, 1.807) is 38.1 Å². The van der Waals surface area contributed by atoms with Gasteiger partial charge in [-0.25, -0.2) is 4.79 Å². The van der Waals surface area contributed by atoms with E-state index in [0.717, 1.165) is 16.9 Å². The number of ether oxygens (including phenoxy) is 2. The van der Waals surface area contributed by atoms with E-state index in [4.69, 9.17) is 21.7 Å². The molecule has 0 spiro atoms. The molecule has 168 valence electrons. The van der Waals surface area contributed by atoms with Gasteiger partial charge in [0.15, 0.2) is 5.11 Å². The van der Waals surface area contributed by atoms with Gasteiger partial charge in [-0.2, -0.15) is 5.26 Å². The number of esters is 1. The van der Waals surface area contributed by atoms with Gasteiger partial charge in [0.1, 0.15) is 28.3 Å². The molecule has 0 bridgehead atoms. The predicted molar refractivity (Wildman–Crippen MR) is 131 cm³/mol.